The largest absolute Gasteiger partial charge is 0.463 e. The predicted molar refractivity (Wildman–Crippen MR) is 52.7 cm³/mol. The molecule has 6 rings (SSSR count). The Morgan fingerprint density at radius 3 is 2.13 bits per heavy atom. The lowest BCUT2D eigenvalue weighted by Gasteiger charge is -3.07. The van der Waals surface area contributed by atoms with Gasteiger partial charge in [-0.3, -0.25) is 4.79 Å². The van der Waals surface area contributed by atoms with Gasteiger partial charge in [0.15, 0.2) is 0 Å². The van der Waals surface area contributed by atoms with Crippen molar-refractivity contribution in [2.45, 2.75) is 26.4 Å². The lowest BCUT2D eigenvalue weighted by molar-refractivity contribution is -0.613. The topological polar surface area (TPSA) is 26.3 Å². The van der Waals surface area contributed by atoms with Crippen LogP contribution < -0.4 is 0 Å². The molecular formula is C13H16O2. The van der Waals surface area contributed by atoms with Crippen molar-refractivity contribution in [3.8, 4) is 0 Å². The molecule has 0 aromatic carbocycles. The normalized spacial score (nSPS) is 68.1. The molecule has 0 aromatic heterocycles. The Morgan fingerprint density at radius 1 is 1.13 bits per heavy atom. The average Bonchev–Trinajstić information content (AvgIpc) is 2.16. The van der Waals surface area contributed by atoms with E-state index in [4.69, 9.17) is 4.74 Å². The monoisotopic (exact) mass is 204 g/mol. The Bertz CT molecular complexity index is 347. The molecule has 80 valence electrons. The van der Waals surface area contributed by atoms with Crippen LogP contribution in [0, 0.1) is 46.8 Å². The van der Waals surface area contributed by atoms with E-state index in [9.17, 15) is 4.79 Å². The first-order valence-electron chi connectivity index (χ1n) is 6.37. The number of rotatable bonds is 3. The molecule has 0 spiro atoms. The number of esters is 1. The van der Waals surface area contributed by atoms with E-state index in [2.05, 4.69) is 0 Å². The van der Waals surface area contributed by atoms with Crippen molar-refractivity contribution < 1.29 is 9.53 Å². The van der Waals surface area contributed by atoms with Crippen molar-refractivity contribution in [3.63, 3.8) is 0 Å². The molecule has 2 nitrogen and oxygen atoms in total. The third-order valence-electron chi connectivity index (χ3n) is 6.50. The molecule has 6 aliphatic carbocycles. The molecule has 0 saturated heterocycles. The highest BCUT2D eigenvalue weighted by atomic mass is 16.5. The third-order valence-corrected chi connectivity index (χ3v) is 6.50. The number of hydrogen-bond donors (Lipinski definition) is 0. The second-order valence-corrected chi connectivity index (χ2v) is 6.71. The molecule has 6 saturated carbocycles. The highest BCUT2D eigenvalue weighted by Crippen LogP contribution is 3.06. The van der Waals surface area contributed by atoms with Crippen molar-refractivity contribution >= 4 is 5.97 Å². The zero-order valence-electron chi connectivity index (χ0n) is 9.14. The standard InChI is InChI=1S/C13H16O2/c1-4(2)15-5(14)3-13-10-7-6-8(10)12(13)9(6)11(7)13/h4,6-12H,3H2,1-2H3. The van der Waals surface area contributed by atoms with Gasteiger partial charge in [0.1, 0.15) is 0 Å². The summed E-state index contributed by atoms with van der Waals surface area (Å²) in [6.07, 6.45) is 0.811. The minimum atomic E-state index is 0.0600. The van der Waals surface area contributed by atoms with Crippen LogP contribution in [0.25, 0.3) is 0 Å². The highest BCUT2D eigenvalue weighted by molar-refractivity contribution is 5.73. The molecule has 0 aromatic rings. The summed E-state index contributed by atoms with van der Waals surface area (Å²) in [6.45, 7) is 3.88. The van der Waals surface area contributed by atoms with E-state index in [0.29, 0.717) is 5.41 Å². The SMILES string of the molecule is CC(C)OC(=O)CC12C3C4C5C3C1C5C42. The molecule has 0 N–H and O–H groups in total. The van der Waals surface area contributed by atoms with Crippen molar-refractivity contribution in [2.24, 2.45) is 46.8 Å². The Balaban J connectivity index is 1.35. The fraction of sp³-hybridized carbons (Fsp3) is 0.923. The number of hydrogen-bond acceptors (Lipinski definition) is 2. The molecule has 0 unspecified atom stereocenters. The van der Waals surface area contributed by atoms with E-state index in [1.807, 2.05) is 13.8 Å². The second kappa shape index (κ2) is 1.76. The quantitative estimate of drug-likeness (QED) is 0.654. The van der Waals surface area contributed by atoms with Crippen LogP contribution in [0.3, 0.4) is 0 Å². The van der Waals surface area contributed by atoms with E-state index < -0.39 is 0 Å². The van der Waals surface area contributed by atoms with Gasteiger partial charge < -0.3 is 4.74 Å². The maximum Gasteiger partial charge on any atom is 0.306 e. The van der Waals surface area contributed by atoms with Gasteiger partial charge >= 0.3 is 5.97 Å². The van der Waals surface area contributed by atoms with Gasteiger partial charge in [0, 0.05) is 0 Å². The van der Waals surface area contributed by atoms with Crippen LogP contribution in [0.4, 0.5) is 0 Å². The van der Waals surface area contributed by atoms with Crippen LogP contribution in [0.1, 0.15) is 20.3 Å². The first kappa shape index (κ1) is 7.70. The smallest absolute Gasteiger partial charge is 0.306 e. The molecule has 2 heteroatoms. The maximum atomic E-state index is 11.7. The first-order valence-corrected chi connectivity index (χ1v) is 6.37. The molecule has 0 amide bonds. The van der Waals surface area contributed by atoms with E-state index in [0.717, 1.165) is 47.8 Å². The molecule has 0 bridgehead atoms. The Kier molecular flexibility index (Phi) is 0.904. The van der Waals surface area contributed by atoms with Crippen molar-refractivity contribution in [1.29, 1.82) is 0 Å². The van der Waals surface area contributed by atoms with E-state index in [1.165, 1.54) is 0 Å². The van der Waals surface area contributed by atoms with Gasteiger partial charge in [0.25, 0.3) is 0 Å². The zero-order chi connectivity index (χ0) is 10.1. The van der Waals surface area contributed by atoms with Crippen molar-refractivity contribution in [2.75, 3.05) is 0 Å². The second-order valence-electron chi connectivity index (χ2n) is 6.71. The van der Waals surface area contributed by atoms with Crippen LogP contribution in [0.15, 0.2) is 0 Å². The summed E-state index contributed by atoms with van der Waals surface area (Å²) < 4.78 is 5.29. The summed E-state index contributed by atoms with van der Waals surface area (Å²) in [6, 6.07) is 0. The summed E-state index contributed by atoms with van der Waals surface area (Å²) in [5, 5.41) is 0. The average molecular weight is 204 g/mol. The summed E-state index contributed by atoms with van der Waals surface area (Å²) in [5.41, 5.74) is 0.501. The first-order chi connectivity index (χ1) is 7.18. The number of ether oxygens (including phenoxy) is 1. The Hall–Kier alpha value is -0.530. The third kappa shape index (κ3) is 0.454. The van der Waals surface area contributed by atoms with Crippen LogP contribution >= 0.6 is 0 Å². The van der Waals surface area contributed by atoms with Gasteiger partial charge in [-0.25, -0.2) is 0 Å². The predicted octanol–water partition coefficient (Wildman–Crippen LogP) is 1.70. The summed E-state index contributed by atoms with van der Waals surface area (Å²) in [4.78, 5) is 11.7. The van der Waals surface area contributed by atoms with E-state index in [1.54, 1.807) is 0 Å². The summed E-state index contributed by atoms with van der Waals surface area (Å²) in [7, 11) is 0. The fourth-order valence-electron chi connectivity index (χ4n) is 6.58. The Morgan fingerprint density at radius 2 is 1.67 bits per heavy atom. The molecule has 0 aliphatic heterocycles. The van der Waals surface area contributed by atoms with Gasteiger partial charge in [-0.15, -0.1) is 0 Å². The molecule has 15 heavy (non-hydrogen) atoms. The van der Waals surface area contributed by atoms with Crippen LogP contribution in [-0.2, 0) is 9.53 Å². The molecular weight excluding hydrogens is 188 g/mol. The van der Waals surface area contributed by atoms with Gasteiger partial charge in [0.2, 0.25) is 0 Å². The molecule has 0 atom stereocenters. The zero-order valence-corrected chi connectivity index (χ0v) is 9.14. The number of carbonyl (C=O) groups excluding carboxylic acids is 1. The van der Waals surface area contributed by atoms with E-state index in [-0.39, 0.29) is 12.1 Å². The summed E-state index contributed by atoms with van der Waals surface area (Å²) >= 11 is 0. The molecule has 0 radical (unpaired) electrons. The number of carbonyl (C=O) groups is 1. The summed E-state index contributed by atoms with van der Waals surface area (Å²) in [5.74, 6) is 7.38. The minimum absolute atomic E-state index is 0.0600. The van der Waals surface area contributed by atoms with Crippen LogP contribution in [0.2, 0.25) is 0 Å². The van der Waals surface area contributed by atoms with Gasteiger partial charge in [0.05, 0.1) is 12.5 Å². The van der Waals surface area contributed by atoms with Crippen molar-refractivity contribution in [1.82, 2.24) is 0 Å². The van der Waals surface area contributed by atoms with Gasteiger partial charge in [-0.2, -0.15) is 0 Å². The van der Waals surface area contributed by atoms with Crippen LogP contribution in [0.5, 0.6) is 0 Å². The molecule has 0 heterocycles. The lowest BCUT2D eigenvalue weighted by atomic mass is 8.96. The molecule has 6 fully saturated rings. The van der Waals surface area contributed by atoms with E-state index >= 15 is 0 Å². The van der Waals surface area contributed by atoms with Gasteiger partial charge in [-0.1, -0.05) is 0 Å². The maximum absolute atomic E-state index is 11.7. The molecule has 6 aliphatic rings. The van der Waals surface area contributed by atoms with Gasteiger partial charge in [-0.05, 0) is 60.7 Å². The van der Waals surface area contributed by atoms with Crippen LogP contribution in [-0.4, -0.2) is 12.1 Å². The fourth-order valence-corrected chi connectivity index (χ4v) is 6.58. The highest BCUT2D eigenvalue weighted by Gasteiger charge is 3.04. The minimum Gasteiger partial charge on any atom is -0.463 e. The Labute approximate surface area is 89.4 Å². The van der Waals surface area contributed by atoms with Crippen molar-refractivity contribution in [3.05, 3.63) is 0 Å². The lowest BCUT2D eigenvalue weighted by Crippen LogP contribution is -3.05.